The number of hydrogen-bond acceptors (Lipinski definition) is 4. The van der Waals surface area contributed by atoms with E-state index in [-0.39, 0.29) is 9.92 Å². The van der Waals surface area contributed by atoms with Gasteiger partial charge in [-0.3, -0.25) is 0 Å². The maximum atomic E-state index is 12.5. The smallest absolute Gasteiger partial charge is 0.240 e. The van der Waals surface area contributed by atoms with E-state index in [0.717, 1.165) is 38.9 Å². The number of sulfonamides is 1. The molecule has 1 fully saturated rings. The zero-order chi connectivity index (χ0) is 20.0. The van der Waals surface area contributed by atoms with Crippen LogP contribution in [0.15, 0.2) is 53.4 Å². The second-order valence-corrected chi connectivity index (χ2v) is 9.34. The number of methoxy groups -OCH3 is 1. The van der Waals surface area contributed by atoms with E-state index < -0.39 is 10.0 Å². The molecule has 5 nitrogen and oxygen atoms in total. The second kappa shape index (κ2) is 9.74. The largest absolute Gasteiger partial charge is 0.495 e. The van der Waals surface area contributed by atoms with Crippen LogP contribution in [0.25, 0.3) is 0 Å². The number of nitrogens with one attached hydrogen (secondary N) is 1. The number of likely N-dealkylation sites (tertiary alicyclic amines) is 1. The molecular weight excluding hydrogens is 396 g/mol. The molecule has 1 heterocycles. The molecule has 2 aromatic rings. The van der Waals surface area contributed by atoms with E-state index in [1.54, 1.807) is 6.07 Å². The molecule has 7 heteroatoms. The molecule has 1 saturated heterocycles. The zero-order valence-corrected chi connectivity index (χ0v) is 17.7. The summed E-state index contributed by atoms with van der Waals surface area (Å²) in [5.74, 6) is 0.819. The molecule has 0 amide bonds. The standard InChI is InChI=1S/C21H27ClN2O3S/c1-27-21-8-7-19(15-20(21)22)28(25,26)23-16-18-10-13-24(14-11-18)12-9-17-5-3-2-4-6-17/h2-8,15,18,23H,9-14,16H2,1H3. The van der Waals surface area contributed by atoms with Gasteiger partial charge in [-0.15, -0.1) is 0 Å². The number of ether oxygens (including phenoxy) is 1. The van der Waals surface area contributed by atoms with Crippen molar-refractivity contribution in [1.82, 2.24) is 9.62 Å². The predicted molar refractivity (Wildman–Crippen MR) is 113 cm³/mol. The quantitative estimate of drug-likeness (QED) is 0.706. The SMILES string of the molecule is COc1ccc(S(=O)(=O)NCC2CCN(CCc3ccccc3)CC2)cc1Cl. The molecule has 1 aliphatic heterocycles. The van der Waals surface area contributed by atoms with Gasteiger partial charge in [0, 0.05) is 13.1 Å². The molecule has 0 unspecified atom stereocenters. The van der Waals surface area contributed by atoms with Crippen molar-refractivity contribution < 1.29 is 13.2 Å². The molecule has 0 saturated carbocycles. The fourth-order valence-electron chi connectivity index (χ4n) is 3.47. The Bertz CT molecular complexity index is 866. The molecule has 0 aromatic heterocycles. The van der Waals surface area contributed by atoms with Gasteiger partial charge in [0.1, 0.15) is 5.75 Å². The third-order valence-electron chi connectivity index (χ3n) is 5.26. The summed E-state index contributed by atoms with van der Waals surface area (Å²) in [6.45, 7) is 3.52. The lowest BCUT2D eigenvalue weighted by atomic mass is 9.97. The number of halogens is 1. The van der Waals surface area contributed by atoms with Crippen LogP contribution in [0.2, 0.25) is 5.02 Å². The van der Waals surface area contributed by atoms with Crippen LogP contribution in [0.3, 0.4) is 0 Å². The van der Waals surface area contributed by atoms with Crippen LogP contribution in [0.5, 0.6) is 5.75 Å². The molecular formula is C21H27ClN2O3S. The van der Waals surface area contributed by atoms with Crippen molar-refractivity contribution in [3.8, 4) is 5.75 Å². The normalized spacial score (nSPS) is 16.2. The summed E-state index contributed by atoms with van der Waals surface area (Å²) < 4.78 is 32.9. The van der Waals surface area contributed by atoms with Gasteiger partial charge in [0.05, 0.1) is 17.0 Å². The van der Waals surface area contributed by atoms with Crippen molar-refractivity contribution in [2.75, 3.05) is 33.3 Å². The summed E-state index contributed by atoms with van der Waals surface area (Å²) in [7, 11) is -2.07. The molecule has 0 aliphatic carbocycles. The second-order valence-electron chi connectivity index (χ2n) is 7.17. The van der Waals surface area contributed by atoms with Gasteiger partial charge < -0.3 is 9.64 Å². The highest BCUT2D eigenvalue weighted by Gasteiger charge is 2.22. The monoisotopic (exact) mass is 422 g/mol. The minimum Gasteiger partial charge on any atom is -0.495 e. The van der Waals surface area contributed by atoms with Crippen molar-refractivity contribution in [2.45, 2.75) is 24.2 Å². The first-order chi connectivity index (χ1) is 13.5. The first-order valence-electron chi connectivity index (χ1n) is 9.57. The highest BCUT2D eigenvalue weighted by atomic mass is 35.5. The minimum absolute atomic E-state index is 0.165. The molecule has 28 heavy (non-hydrogen) atoms. The molecule has 1 aliphatic rings. The summed E-state index contributed by atoms with van der Waals surface area (Å²) in [6, 6.07) is 15.0. The molecule has 0 bridgehead atoms. The molecule has 0 spiro atoms. The molecule has 0 radical (unpaired) electrons. The van der Waals surface area contributed by atoms with E-state index in [2.05, 4.69) is 33.9 Å². The predicted octanol–water partition coefficient (Wildman–Crippen LogP) is 3.58. The average molecular weight is 423 g/mol. The van der Waals surface area contributed by atoms with Crippen LogP contribution in [-0.2, 0) is 16.4 Å². The van der Waals surface area contributed by atoms with E-state index in [0.29, 0.717) is 18.2 Å². The Balaban J connectivity index is 1.45. The summed E-state index contributed by atoms with van der Waals surface area (Å²) in [5.41, 5.74) is 1.36. The molecule has 152 valence electrons. The number of benzene rings is 2. The topological polar surface area (TPSA) is 58.6 Å². The molecule has 3 rings (SSSR count). The summed E-state index contributed by atoms with van der Waals surface area (Å²) in [5, 5.41) is 0.289. The maximum Gasteiger partial charge on any atom is 0.240 e. The van der Waals surface area contributed by atoms with E-state index in [4.69, 9.17) is 16.3 Å². The summed E-state index contributed by atoms with van der Waals surface area (Å²) >= 11 is 6.05. The Morgan fingerprint density at radius 1 is 1.14 bits per heavy atom. The number of rotatable bonds is 8. The first-order valence-corrected chi connectivity index (χ1v) is 11.4. The lowest BCUT2D eigenvalue weighted by Crippen LogP contribution is -2.39. The lowest BCUT2D eigenvalue weighted by molar-refractivity contribution is 0.187. The van der Waals surface area contributed by atoms with Crippen molar-refractivity contribution in [2.24, 2.45) is 5.92 Å². The van der Waals surface area contributed by atoms with Gasteiger partial charge in [0.15, 0.2) is 0 Å². The molecule has 1 N–H and O–H groups in total. The van der Waals surface area contributed by atoms with E-state index >= 15 is 0 Å². The summed E-state index contributed by atoms with van der Waals surface area (Å²) in [4.78, 5) is 2.62. The van der Waals surface area contributed by atoms with Crippen LogP contribution in [-0.4, -0.2) is 46.6 Å². The van der Waals surface area contributed by atoms with Crippen molar-refractivity contribution >= 4 is 21.6 Å². The highest BCUT2D eigenvalue weighted by Crippen LogP contribution is 2.27. The van der Waals surface area contributed by atoms with Gasteiger partial charge in [0.2, 0.25) is 10.0 Å². The fourth-order valence-corrected chi connectivity index (χ4v) is 4.94. The number of piperidine rings is 1. The third-order valence-corrected chi connectivity index (χ3v) is 6.98. The molecule has 0 atom stereocenters. The van der Waals surface area contributed by atoms with Crippen LogP contribution in [0.4, 0.5) is 0 Å². The van der Waals surface area contributed by atoms with Gasteiger partial charge >= 0.3 is 0 Å². The van der Waals surface area contributed by atoms with E-state index in [1.807, 2.05) is 6.07 Å². The fraction of sp³-hybridized carbons (Fsp3) is 0.429. The lowest BCUT2D eigenvalue weighted by Gasteiger charge is -2.32. The Hall–Kier alpha value is -1.60. The van der Waals surface area contributed by atoms with Crippen molar-refractivity contribution in [1.29, 1.82) is 0 Å². The zero-order valence-electron chi connectivity index (χ0n) is 16.1. The first kappa shape index (κ1) is 21.1. The summed E-state index contributed by atoms with van der Waals surface area (Å²) in [6.07, 6.45) is 3.05. The van der Waals surface area contributed by atoms with Crippen LogP contribution in [0.1, 0.15) is 18.4 Å². The maximum absolute atomic E-state index is 12.5. The highest BCUT2D eigenvalue weighted by molar-refractivity contribution is 7.89. The average Bonchev–Trinajstić information content (AvgIpc) is 2.72. The van der Waals surface area contributed by atoms with Crippen LogP contribution < -0.4 is 9.46 Å². The van der Waals surface area contributed by atoms with Crippen molar-refractivity contribution in [3.05, 3.63) is 59.1 Å². The Kier molecular flexibility index (Phi) is 7.35. The third kappa shape index (κ3) is 5.70. The van der Waals surface area contributed by atoms with Gasteiger partial charge in [-0.1, -0.05) is 41.9 Å². The van der Waals surface area contributed by atoms with Crippen LogP contribution >= 0.6 is 11.6 Å². The number of nitrogens with zero attached hydrogens (tertiary/aromatic N) is 1. The van der Waals surface area contributed by atoms with Crippen molar-refractivity contribution in [3.63, 3.8) is 0 Å². The number of hydrogen-bond donors (Lipinski definition) is 1. The molecule has 2 aromatic carbocycles. The Morgan fingerprint density at radius 2 is 1.86 bits per heavy atom. The van der Waals surface area contributed by atoms with Gasteiger partial charge in [-0.05, 0) is 62.0 Å². The van der Waals surface area contributed by atoms with Gasteiger partial charge in [0.25, 0.3) is 0 Å². The Labute approximate surface area is 172 Å². The van der Waals surface area contributed by atoms with E-state index in [1.165, 1.54) is 24.8 Å². The minimum atomic E-state index is -3.57. The Morgan fingerprint density at radius 3 is 2.50 bits per heavy atom. The van der Waals surface area contributed by atoms with Gasteiger partial charge in [-0.25, -0.2) is 13.1 Å². The van der Waals surface area contributed by atoms with E-state index in [9.17, 15) is 8.42 Å². The van der Waals surface area contributed by atoms with Crippen LogP contribution in [0, 0.1) is 5.92 Å². The van der Waals surface area contributed by atoms with Gasteiger partial charge in [-0.2, -0.15) is 0 Å².